The number of anilines is 1. The number of nitrogens with zero attached hydrogens (tertiary/aromatic N) is 2. The molecule has 1 unspecified atom stereocenters. The average Bonchev–Trinajstić information content (AvgIpc) is 2.55. The molecule has 0 fully saturated rings. The molecule has 0 saturated heterocycles. The molecule has 2 heterocycles. The molecule has 0 bridgehead atoms. The minimum absolute atomic E-state index is 0.308. The Labute approximate surface area is 128 Å². The number of rotatable bonds is 5. The molecule has 2 aromatic rings. The quantitative estimate of drug-likeness (QED) is 0.857. The lowest BCUT2D eigenvalue weighted by molar-refractivity contribution is -0.124. The molecule has 6 nitrogen and oxygen atoms in total. The van der Waals surface area contributed by atoms with Crippen LogP contribution < -0.4 is 5.32 Å². The fraction of sp³-hybridized carbons (Fsp3) is 0.250. The molecule has 114 valence electrons. The maximum Gasteiger partial charge on any atom is 0.340 e. The summed E-state index contributed by atoms with van der Waals surface area (Å²) in [4.78, 5) is 32.1. The van der Waals surface area contributed by atoms with Crippen molar-refractivity contribution in [3.8, 4) is 0 Å². The zero-order chi connectivity index (χ0) is 15.9. The summed E-state index contributed by atoms with van der Waals surface area (Å²) in [5, 5.41) is 2.68. The van der Waals surface area contributed by atoms with Crippen molar-refractivity contribution in [2.75, 3.05) is 5.32 Å². The molecule has 0 aromatic carbocycles. The maximum atomic E-state index is 12.2. The number of pyridine rings is 2. The van der Waals surface area contributed by atoms with Gasteiger partial charge >= 0.3 is 5.97 Å². The lowest BCUT2D eigenvalue weighted by Crippen LogP contribution is -2.32. The van der Waals surface area contributed by atoms with Gasteiger partial charge in [-0.2, -0.15) is 0 Å². The normalized spacial score (nSPS) is 11.5. The molecule has 0 spiro atoms. The Kier molecular flexibility index (Phi) is 5.19. The van der Waals surface area contributed by atoms with Crippen molar-refractivity contribution in [2.45, 2.75) is 26.4 Å². The highest BCUT2D eigenvalue weighted by molar-refractivity contribution is 5.97. The second kappa shape index (κ2) is 7.31. The first-order valence-electron chi connectivity index (χ1n) is 6.95. The van der Waals surface area contributed by atoms with E-state index in [1.165, 1.54) is 6.20 Å². The third-order valence-corrected chi connectivity index (χ3v) is 3.06. The third-order valence-electron chi connectivity index (χ3n) is 3.06. The van der Waals surface area contributed by atoms with Gasteiger partial charge in [0.1, 0.15) is 5.82 Å². The number of ether oxygens (including phenoxy) is 1. The van der Waals surface area contributed by atoms with Crippen LogP contribution in [0, 0.1) is 6.92 Å². The Morgan fingerprint density at radius 2 is 2.05 bits per heavy atom. The monoisotopic (exact) mass is 299 g/mol. The van der Waals surface area contributed by atoms with E-state index in [1.54, 1.807) is 37.5 Å². The highest BCUT2D eigenvalue weighted by atomic mass is 16.5. The molecule has 0 aliphatic carbocycles. The largest absolute Gasteiger partial charge is 0.449 e. The van der Waals surface area contributed by atoms with E-state index in [9.17, 15) is 9.59 Å². The summed E-state index contributed by atoms with van der Waals surface area (Å²) < 4.78 is 5.24. The molecule has 0 aliphatic rings. The molecule has 1 atom stereocenters. The summed E-state index contributed by atoms with van der Waals surface area (Å²) in [5.74, 6) is -0.516. The SMILES string of the molecule is CCC(OC(=O)c1cccnc1)C(=O)Nc1ncccc1C. The molecule has 1 N–H and O–H groups in total. The van der Waals surface area contributed by atoms with Crippen molar-refractivity contribution in [3.05, 3.63) is 54.0 Å². The zero-order valence-electron chi connectivity index (χ0n) is 12.4. The van der Waals surface area contributed by atoms with E-state index in [0.29, 0.717) is 17.8 Å². The number of hydrogen-bond donors (Lipinski definition) is 1. The first-order chi connectivity index (χ1) is 10.6. The first kappa shape index (κ1) is 15.6. The van der Waals surface area contributed by atoms with Gasteiger partial charge in [0, 0.05) is 18.6 Å². The molecular formula is C16H17N3O3. The average molecular weight is 299 g/mol. The lowest BCUT2D eigenvalue weighted by atomic mass is 10.2. The maximum absolute atomic E-state index is 12.2. The minimum atomic E-state index is -0.880. The van der Waals surface area contributed by atoms with Crippen LogP contribution in [0.3, 0.4) is 0 Å². The molecular weight excluding hydrogens is 282 g/mol. The Bertz CT molecular complexity index is 659. The highest BCUT2D eigenvalue weighted by Gasteiger charge is 2.22. The lowest BCUT2D eigenvalue weighted by Gasteiger charge is -2.16. The second-order valence-electron chi connectivity index (χ2n) is 4.70. The van der Waals surface area contributed by atoms with Crippen LogP contribution in [-0.4, -0.2) is 27.9 Å². The van der Waals surface area contributed by atoms with E-state index in [4.69, 9.17) is 4.74 Å². The molecule has 6 heteroatoms. The molecule has 22 heavy (non-hydrogen) atoms. The smallest absolute Gasteiger partial charge is 0.340 e. The van der Waals surface area contributed by atoms with E-state index in [0.717, 1.165) is 5.56 Å². The topological polar surface area (TPSA) is 81.2 Å². The standard InChI is InChI=1S/C16H17N3O3/c1-3-13(22-16(21)12-7-5-8-17-10-12)15(20)19-14-11(2)6-4-9-18-14/h4-10,13H,3H2,1-2H3,(H,18,19,20). The highest BCUT2D eigenvalue weighted by Crippen LogP contribution is 2.12. The molecule has 2 aromatic heterocycles. The summed E-state index contributed by atoms with van der Waals surface area (Å²) in [6.45, 7) is 3.61. The van der Waals surface area contributed by atoms with Gasteiger partial charge in [-0.05, 0) is 37.1 Å². The van der Waals surface area contributed by atoms with E-state index >= 15 is 0 Å². The van der Waals surface area contributed by atoms with Crippen LogP contribution in [0.25, 0.3) is 0 Å². The molecule has 0 saturated carbocycles. The first-order valence-corrected chi connectivity index (χ1v) is 6.95. The van der Waals surface area contributed by atoms with Crippen molar-refractivity contribution in [1.29, 1.82) is 0 Å². The van der Waals surface area contributed by atoms with Crippen LogP contribution in [0.2, 0.25) is 0 Å². The van der Waals surface area contributed by atoms with Gasteiger partial charge in [0.2, 0.25) is 0 Å². The van der Waals surface area contributed by atoms with Gasteiger partial charge in [-0.15, -0.1) is 0 Å². The summed E-state index contributed by atoms with van der Waals surface area (Å²) in [5.41, 5.74) is 1.15. The number of esters is 1. The predicted molar refractivity (Wildman–Crippen MR) is 81.3 cm³/mol. The van der Waals surface area contributed by atoms with Crippen LogP contribution in [0.4, 0.5) is 5.82 Å². The Hall–Kier alpha value is -2.76. The van der Waals surface area contributed by atoms with Crippen molar-refractivity contribution < 1.29 is 14.3 Å². The minimum Gasteiger partial charge on any atom is -0.449 e. The molecule has 1 amide bonds. The number of amides is 1. The fourth-order valence-corrected chi connectivity index (χ4v) is 1.82. The zero-order valence-corrected chi connectivity index (χ0v) is 12.4. The number of aromatic nitrogens is 2. The third kappa shape index (κ3) is 3.88. The van der Waals surface area contributed by atoms with Crippen LogP contribution in [-0.2, 0) is 9.53 Å². The number of aryl methyl sites for hydroxylation is 1. The summed E-state index contributed by atoms with van der Waals surface area (Å²) in [6, 6.07) is 6.84. The van der Waals surface area contributed by atoms with Crippen LogP contribution in [0.5, 0.6) is 0 Å². The summed E-state index contributed by atoms with van der Waals surface area (Å²) in [7, 11) is 0. The summed E-state index contributed by atoms with van der Waals surface area (Å²) in [6.07, 6.45) is 4.03. The number of nitrogens with one attached hydrogen (secondary N) is 1. The van der Waals surface area contributed by atoms with Crippen molar-refractivity contribution in [2.24, 2.45) is 0 Å². The Morgan fingerprint density at radius 3 is 2.68 bits per heavy atom. The van der Waals surface area contributed by atoms with Gasteiger partial charge in [-0.1, -0.05) is 13.0 Å². The Morgan fingerprint density at radius 1 is 1.27 bits per heavy atom. The molecule has 2 rings (SSSR count). The fourth-order valence-electron chi connectivity index (χ4n) is 1.82. The van der Waals surface area contributed by atoms with E-state index in [1.807, 2.05) is 13.0 Å². The number of carbonyl (C=O) groups is 2. The van der Waals surface area contributed by atoms with Gasteiger partial charge in [0.15, 0.2) is 6.10 Å². The van der Waals surface area contributed by atoms with Gasteiger partial charge < -0.3 is 10.1 Å². The van der Waals surface area contributed by atoms with E-state index < -0.39 is 18.0 Å². The Balaban J connectivity index is 2.03. The van der Waals surface area contributed by atoms with Gasteiger partial charge in [-0.25, -0.2) is 9.78 Å². The van der Waals surface area contributed by atoms with Crippen molar-refractivity contribution in [1.82, 2.24) is 9.97 Å². The summed E-state index contributed by atoms with van der Waals surface area (Å²) >= 11 is 0. The van der Waals surface area contributed by atoms with E-state index in [-0.39, 0.29) is 0 Å². The predicted octanol–water partition coefficient (Wildman–Crippen LogP) is 2.36. The van der Waals surface area contributed by atoms with Gasteiger partial charge in [-0.3, -0.25) is 9.78 Å². The second-order valence-corrected chi connectivity index (χ2v) is 4.70. The van der Waals surface area contributed by atoms with Gasteiger partial charge in [0.25, 0.3) is 5.91 Å². The van der Waals surface area contributed by atoms with Gasteiger partial charge in [0.05, 0.1) is 5.56 Å². The van der Waals surface area contributed by atoms with Crippen LogP contribution >= 0.6 is 0 Å². The molecule has 0 aliphatic heterocycles. The van der Waals surface area contributed by atoms with E-state index in [2.05, 4.69) is 15.3 Å². The van der Waals surface area contributed by atoms with Crippen molar-refractivity contribution in [3.63, 3.8) is 0 Å². The van der Waals surface area contributed by atoms with Crippen molar-refractivity contribution >= 4 is 17.7 Å². The van der Waals surface area contributed by atoms with Crippen LogP contribution in [0.15, 0.2) is 42.9 Å². The van der Waals surface area contributed by atoms with Crippen LogP contribution in [0.1, 0.15) is 29.3 Å². The number of hydrogen-bond acceptors (Lipinski definition) is 5. The molecule has 0 radical (unpaired) electrons. The number of carbonyl (C=O) groups excluding carboxylic acids is 2.